The molecular weight excluding hydrogens is 376 g/mol. The van der Waals surface area contributed by atoms with Crippen LogP contribution in [0.2, 0.25) is 0 Å². The second-order valence-corrected chi connectivity index (χ2v) is 10.5. The van der Waals surface area contributed by atoms with Crippen molar-refractivity contribution >= 4 is 25.7 Å². The third-order valence-corrected chi connectivity index (χ3v) is 7.57. The molecule has 1 aromatic carbocycles. The number of sulfonamides is 2. The van der Waals surface area contributed by atoms with Crippen LogP contribution in [0.3, 0.4) is 0 Å². The number of anilines is 1. The highest BCUT2D eigenvalue weighted by Gasteiger charge is 2.29. The van der Waals surface area contributed by atoms with Gasteiger partial charge in [-0.3, -0.25) is 4.72 Å². The van der Waals surface area contributed by atoms with Gasteiger partial charge in [0.15, 0.2) is 0 Å². The second-order valence-electron chi connectivity index (χ2n) is 6.84. The molecule has 1 heterocycles. The van der Waals surface area contributed by atoms with E-state index in [1.165, 1.54) is 22.5 Å². The average molecular weight is 405 g/mol. The number of hydrogen-bond acceptors (Lipinski definition) is 5. The third-order valence-electron chi connectivity index (χ3n) is 4.00. The first-order valence-electron chi connectivity index (χ1n) is 8.93. The molecule has 2 rings (SSSR count). The Morgan fingerprint density at radius 3 is 2.35 bits per heavy atom. The maximum Gasteiger partial charge on any atom is 0.246 e. The van der Waals surface area contributed by atoms with E-state index in [1.807, 2.05) is 13.8 Å². The molecule has 1 aromatic rings. The molecule has 1 aliphatic rings. The smallest absolute Gasteiger partial charge is 0.246 e. The first-order chi connectivity index (χ1) is 12.2. The van der Waals surface area contributed by atoms with Crippen LogP contribution in [0.25, 0.3) is 0 Å². The van der Waals surface area contributed by atoms with Gasteiger partial charge in [0.1, 0.15) is 10.6 Å². The van der Waals surface area contributed by atoms with Crippen molar-refractivity contribution in [1.82, 2.24) is 4.31 Å². The summed E-state index contributed by atoms with van der Waals surface area (Å²) < 4.78 is 59.9. The zero-order valence-corrected chi connectivity index (χ0v) is 17.2. The molecule has 0 aromatic heterocycles. The summed E-state index contributed by atoms with van der Waals surface area (Å²) in [6.45, 7) is 6.65. The second kappa shape index (κ2) is 8.58. The van der Waals surface area contributed by atoms with E-state index in [0.717, 1.165) is 19.3 Å². The number of piperidine rings is 1. The Labute approximate surface area is 156 Å². The molecule has 0 radical (unpaired) electrons. The van der Waals surface area contributed by atoms with Gasteiger partial charge in [-0.25, -0.2) is 16.8 Å². The van der Waals surface area contributed by atoms with Crippen LogP contribution >= 0.6 is 0 Å². The van der Waals surface area contributed by atoms with Gasteiger partial charge in [0.2, 0.25) is 20.0 Å². The largest absolute Gasteiger partial charge is 0.492 e. The van der Waals surface area contributed by atoms with Crippen LogP contribution in [0.4, 0.5) is 5.69 Å². The van der Waals surface area contributed by atoms with Crippen molar-refractivity contribution in [3.05, 3.63) is 18.2 Å². The highest BCUT2D eigenvalue weighted by molar-refractivity contribution is 7.92. The quantitative estimate of drug-likeness (QED) is 0.719. The minimum absolute atomic E-state index is 0.00555. The summed E-state index contributed by atoms with van der Waals surface area (Å²) in [7, 11) is -7.29. The van der Waals surface area contributed by atoms with Gasteiger partial charge in [0.25, 0.3) is 0 Å². The first kappa shape index (κ1) is 21.0. The van der Waals surface area contributed by atoms with Crippen molar-refractivity contribution in [3.63, 3.8) is 0 Å². The van der Waals surface area contributed by atoms with E-state index >= 15 is 0 Å². The Morgan fingerprint density at radius 1 is 1.12 bits per heavy atom. The molecule has 26 heavy (non-hydrogen) atoms. The minimum atomic E-state index is -3.74. The first-order valence-corrected chi connectivity index (χ1v) is 12.0. The highest BCUT2D eigenvalue weighted by atomic mass is 32.2. The molecule has 1 fully saturated rings. The van der Waals surface area contributed by atoms with Crippen molar-refractivity contribution in [2.45, 2.75) is 44.9 Å². The summed E-state index contributed by atoms with van der Waals surface area (Å²) >= 11 is 0. The standard InChI is InChI=1S/C17H28N2O5S2/c1-4-24-16-9-8-15(18-25(20,21)13-14(2)3)12-17(16)26(22,23)19-10-6-5-7-11-19/h8-9,12,14,18H,4-7,10-11,13H2,1-3H3. The lowest BCUT2D eigenvalue weighted by molar-refractivity contribution is 0.323. The van der Waals surface area contributed by atoms with Crippen LogP contribution in [-0.4, -0.2) is 46.6 Å². The Bertz CT molecular complexity index is 814. The number of nitrogens with zero attached hydrogens (tertiary/aromatic N) is 1. The molecule has 1 N–H and O–H groups in total. The minimum Gasteiger partial charge on any atom is -0.492 e. The van der Waals surface area contributed by atoms with E-state index < -0.39 is 20.0 Å². The number of benzene rings is 1. The van der Waals surface area contributed by atoms with E-state index in [4.69, 9.17) is 4.74 Å². The van der Waals surface area contributed by atoms with Crippen molar-refractivity contribution in [1.29, 1.82) is 0 Å². The zero-order chi connectivity index (χ0) is 19.4. The van der Waals surface area contributed by atoms with Crippen LogP contribution in [-0.2, 0) is 20.0 Å². The summed E-state index contributed by atoms with van der Waals surface area (Å²) in [5, 5.41) is 0. The van der Waals surface area contributed by atoms with Crippen molar-refractivity contribution < 1.29 is 21.6 Å². The molecule has 0 spiro atoms. The lowest BCUT2D eigenvalue weighted by Gasteiger charge is -2.27. The lowest BCUT2D eigenvalue weighted by atomic mass is 10.2. The Hall–Kier alpha value is -1.32. The van der Waals surface area contributed by atoms with Crippen LogP contribution < -0.4 is 9.46 Å². The molecule has 0 bridgehead atoms. The van der Waals surface area contributed by atoms with Gasteiger partial charge in [-0.1, -0.05) is 20.3 Å². The summed E-state index contributed by atoms with van der Waals surface area (Å²) in [5.41, 5.74) is 0.227. The maximum atomic E-state index is 13.0. The van der Waals surface area contributed by atoms with E-state index in [9.17, 15) is 16.8 Å². The predicted molar refractivity (Wildman–Crippen MR) is 102 cm³/mol. The predicted octanol–water partition coefficient (Wildman–Crippen LogP) is 2.66. The van der Waals surface area contributed by atoms with Gasteiger partial charge < -0.3 is 4.74 Å². The van der Waals surface area contributed by atoms with Gasteiger partial charge in [0, 0.05) is 13.1 Å². The monoisotopic (exact) mass is 404 g/mol. The molecule has 0 amide bonds. The van der Waals surface area contributed by atoms with Crippen LogP contribution in [0.15, 0.2) is 23.1 Å². The van der Waals surface area contributed by atoms with E-state index in [2.05, 4.69) is 4.72 Å². The molecule has 1 aliphatic heterocycles. The average Bonchev–Trinajstić information content (AvgIpc) is 2.55. The van der Waals surface area contributed by atoms with E-state index in [1.54, 1.807) is 6.92 Å². The van der Waals surface area contributed by atoms with Gasteiger partial charge in [-0.15, -0.1) is 0 Å². The fourth-order valence-electron chi connectivity index (χ4n) is 2.95. The van der Waals surface area contributed by atoms with E-state index in [-0.39, 0.29) is 28.0 Å². The summed E-state index contributed by atoms with van der Waals surface area (Å²) in [4.78, 5) is 0.00555. The number of rotatable bonds is 8. The molecule has 0 atom stereocenters. The number of nitrogens with one attached hydrogen (secondary N) is 1. The third kappa shape index (κ3) is 5.34. The lowest BCUT2D eigenvalue weighted by Crippen LogP contribution is -2.35. The molecule has 148 valence electrons. The molecule has 9 heteroatoms. The van der Waals surface area contributed by atoms with Crippen LogP contribution in [0, 0.1) is 5.92 Å². The normalized spacial score (nSPS) is 16.6. The Kier molecular flexibility index (Phi) is 6.92. The molecule has 0 saturated carbocycles. The van der Waals surface area contributed by atoms with Crippen LogP contribution in [0.1, 0.15) is 40.0 Å². The maximum absolute atomic E-state index is 13.0. The molecule has 0 unspecified atom stereocenters. The van der Waals surface area contributed by atoms with Crippen molar-refractivity contribution in [2.75, 3.05) is 30.2 Å². The van der Waals surface area contributed by atoms with E-state index in [0.29, 0.717) is 19.7 Å². The fraction of sp³-hybridized carbons (Fsp3) is 0.647. The van der Waals surface area contributed by atoms with Crippen molar-refractivity contribution in [3.8, 4) is 5.75 Å². The molecule has 7 nitrogen and oxygen atoms in total. The summed E-state index contributed by atoms with van der Waals surface area (Å²) in [6, 6.07) is 4.39. The Balaban J connectivity index is 2.39. The van der Waals surface area contributed by atoms with Gasteiger partial charge >= 0.3 is 0 Å². The highest BCUT2D eigenvalue weighted by Crippen LogP contribution is 2.31. The molecule has 0 aliphatic carbocycles. The summed E-state index contributed by atoms with van der Waals surface area (Å²) in [5.74, 6) is 0.172. The zero-order valence-electron chi connectivity index (χ0n) is 15.6. The molecular formula is C17H28N2O5S2. The van der Waals surface area contributed by atoms with Gasteiger partial charge in [-0.2, -0.15) is 4.31 Å². The topological polar surface area (TPSA) is 92.8 Å². The van der Waals surface area contributed by atoms with Crippen molar-refractivity contribution in [2.24, 2.45) is 5.92 Å². The van der Waals surface area contributed by atoms with Crippen LogP contribution in [0.5, 0.6) is 5.75 Å². The SMILES string of the molecule is CCOc1ccc(NS(=O)(=O)CC(C)C)cc1S(=O)(=O)N1CCCCC1. The Morgan fingerprint density at radius 2 is 1.77 bits per heavy atom. The van der Waals surface area contributed by atoms with Gasteiger partial charge in [-0.05, 0) is 43.9 Å². The molecule has 1 saturated heterocycles. The summed E-state index contributed by atoms with van der Waals surface area (Å²) in [6.07, 6.45) is 2.66. The fourth-order valence-corrected chi connectivity index (χ4v) is 6.07. The number of ether oxygens (including phenoxy) is 1. The number of hydrogen-bond donors (Lipinski definition) is 1. The van der Waals surface area contributed by atoms with Gasteiger partial charge in [0.05, 0.1) is 18.0 Å².